The first-order valence-electron chi connectivity index (χ1n) is 11.5. The maximum Gasteiger partial charge on any atom is 0.261 e. The summed E-state index contributed by atoms with van der Waals surface area (Å²) in [7, 11) is 1.60. The van der Waals surface area contributed by atoms with Crippen LogP contribution in [0.1, 0.15) is 51.7 Å². The van der Waals surface area contributed by atoms with Gasteiger partial charge in [-0.1, -0.05) is 39.0 Å². The van der Waals surface area contributed by atoms with Gasteiger partial charge in [0.25, 0.3) is 5.91 Å². The molecule has 0 radical (unpaired) electrons. The quantitative estimate of drug-likeness (QED) is 0.423. The lowest BCUT2D eigenvalue weighted by atomic mass is 10.1. The molecule has 0 spiro atoms. The Hall–Kier alpha value is -2.54. The van der Waals surface area contributed by atoms with Crippen molar-refractivity contribution in [2.45, 2.75) is 65.6 Å². The van der Waals surface area contributed by atoms with E-state index in [1.165, 1.54) is 5.56 Å². The van der Waals surface area contributed by atoms with Gasteiger partial charge in [0.2, 0.25) is 5.91 Å². The smallest absolute Gasteiger partial charge is 0.261 e. The first kappa shape index (κ1) is 26.7. The van der Waals surface area contributed by atoms with Crippen molar-refractivity contribution in [3.63, 3.8) is 0 Å². The first-order chi connectivity index (χ1) is 15.8. The van der Waals surface area contributed by atoms with Crippen molar-refractivity contribution in [1.82, 2.24) is 10.2 Å². The molecule has 2 atom stereocenters. The van der Waals surface area contributed by atoms with Crippen molar-refractivity contribution < 1.29 is 19.1 Å². The highest BCUT2D eigenvalue weighted by Gasteiger charge is 2.29. The van der Waals surface area contributed by atoms with Gasteiger partial charge in [0.1, 0.15) is 17.5 Å². The number of aryl methyl sites for hydroxylation is 1. The van der Waals surface area contributed by atoms with Crippen molar-refractivity contribution in [2.75, 3.05) is 13.7 Å². The van der Waals surface area contributed by atoms with E-state index in [9.17, 15) is 9.59 Å². The number of nitrogens with zero attached hydrogens (tertiary/aromatic N) is 1. The molecule has 2 aromatic rings. The zero-order valence-corrected chi connectivity index (χ0v) is 21.8. The first-order valence-corrected chi connectivity index (χ1v) is 12.3. The molecule has 0 fully saturated rings. The molecule has 0 bridgehead atoms. The van der Waals surface area contributed by atoms with E-state index in [0.717, 1.165) is 22.9 Å². The molecule has 2 rings (SSSR count). The number of methoxy groups -OCH3 is 1. The van der Waals surface area contributed by atoms with E-state index in [1.807, 2.05) is 63.2 Å². The topological polar surface area (TPSA) is 67.9 Å². The summed E-state index contributed by atoms with van der Waals surface area (Å²) in [4.78, 5) is 28.0. The zero-order chi connectivity index (χ0) is 24.4. The highest BCUT2D eigenvalue weighted by molar-refractivity contribution is 9.10. The zero-order valence-electron chi connectivity index (χ0n) is 20.2. The largest absolute Gasteiger partial charge is 0.497 e. The number of carbonyl (C=O) groups is 2. The van der Waals surface area contributed by atoms with Crippen molar-refractivity contribution in [1.29, 1.82) is 0 Å². The third-order valence-electron chi connectivity index (χ3n) is 5.63. The van der Waals surface area contributed by atoms with Gasteiger partial charge in [-0.05, 0) is 77.5 Å². The van der Waals surface area contributed by atoms with Crippen LogP contribution in [0.4, 0.5) is 0 Å². The van der Waals surface area contributed by atoms with Gasteiger partial charge in [-0.2, -0.15) is 0 Å². The molecule has 2 aromatic carbocycles. The average molecular weight is 519 g/mol. The minimum Gasteiger partial charge on any atom is -0.497 e. The Morgan fingerprint density at radius 3 is 2.42 bits per heavy atom. The van der Waals surface area contributed by atoms with Crippen molar-refractivity contribution in [3.05, 3.63) is 58.1 Å². The van der Waals surface area contributed by atoms with Crippen LogP contribution in [0.15, 0.2) is 46.9 Å². The predicted molar refractivity (Wildman–Crippen MR) is 135 cm³/mol. The van der Waals surface area contributed by atoms with Crippen LogP contribution in [-0.4, -0.2) is 42.5 Å². The van der Waals surface area contributed by atoms with E-state index >= 15 is 0 Å². The van der Waals surface area contributed by atoms with Gasteiger partial charge in [0.05, 0.1) is 11.6 Å². The van der Waals surface area contributed by atoms with Gasteiger partial charge >= 0.3 is 0 Å². The van der Waals surface area contributed by atoms with E-state index in [4.69, 9.17) is 9.47 Å². The Labute approximate surface area is 205 Å². The molecule has 2 amide bonds. The standard InChI is InChI=1S/C26H35BrN2O4/c1-6-18(4)28-26(31)23(8-3)29(16-20-10-9-11-21(14-20)32-5)25(30)17-33-24-13-12-19(7-2)15-22(24)27/h9-15,18,23H,6-8,16-17H2,1-5H3,(H,28,31)/t18-,23-/m1/s1. The lowest BCUT2D eigenvalue weighted by Gasteiger charge is -2.31. The van der Waals surface area contributed by atoms with Gasteiger partial charge in [0, 0.05) is 12.6 Å². The summed E-state index contributed by atoms with van der Waals surface area (Å²) in [5.41, 5.74) is 2.05. The Kier molecular flexibility index (Phi) is 10.7. The summed E-state index contributed by atoms with van der Waals surface area (Å²) in [5, 5.41) is 3.01. The van der Waals surface area contributed by atoms with Crippen molar-refractivity contribution >= 4 is 27.7 Å². The molecule has 7 heteroatoms. The van der Waals surface area contributed by atoms with Crippen LogP contribution >= 0.6 is 15.9 Å². The highest BCUT2D eigenvalue weighted by atomic mass is 79.9. The number of ether oxygens (including phenoxy) is 2. The van der Waals surface area contributed by atoms with Gasteiger partial charge in [0.15, 0.2) is 6.61 Å². The van der Waals surface area contributed by atoms with E-state index in [-0.39, 0.29) is 31.0 Å². The van der Waals surface area contributed by atoms with Crippen LogP contribution in [0.3, 0.4) is 0 Å². The molecule has 0 aliphatic heterocycles. The Bertz CT molecular complexity index is 934. The van der Waals surface area contributed by atoms with Crippen LogP contribution in [0.25, 0.3) is 0 Å². The molecule has 0 saturated heterocycles. The molecule has 0 heterocycles. The van der Waals surface area contributed by atoms with Gasteiger partial charge < -0.3 is 19.7 Å². The molecule has 0 aliphatic carbocycles. The Morgan fingerprint density at radius 2 is 1.82 bits per heavy atom. The minimum atomic E-state index is -0.604. The number of rotatable bonds is 12. The van der Waals surface area contributed by atoms with Crippen molar-refractivity contribution in [2.24, 2.45) is 0 Å². The minimum absolute atomic E-state index is 0.0320. The Balaban J connectivity index is 2.25. The third kappa shape index (κ3) is 7.77. The Morgan fingerprint density at radius 1 is 1.06 bits per heavy atom. The summed E-state index contributed by atoms with van der Waals surface area (Å²) < 4.78 is 12.0. The number of hydrogen-bond donors (Lipinski definition) is 1. The molecule has 0 unspecified atom stereocenters. The fourth-order valence-electron chi connectivity index (χ4n) is 3.43. The van der Waals surface area contributed by atoms with Gasteiger partial charge in [-0.3, -0.25) is 9.59 Å². The molecule has 0 aromatic heterocycles. The van der Waals surface area contributed by atoms with E-state index < -0.39 is 6.04 Å². The third-order valence-corrected chi connectivity index (χ3v) is 6.25. The van der Waals surface area contributed by atoms with E-state index in [0.29, 0.717) is 17.9 Å². The summed E-state index contributed by atoms with van der Waals surface area (Å²) >= 11 is 3.52. The summed E-state index contributed by atoms with van der Waals surface area (Å²) in [6, 6.07) is 12.8. The SMILES string of the molecule is CCc1ccc(OCC(=O)N(Cc2cccc(OC)c2)[C@H](CC)C(=O)N[C@H](C)CC)c(Br)c1. The molecular weight excluding hydrogens is 484 g/mol. The van der Waals surface area contributed by atoms with E-state index in [1.54, 1.807) is 12.0 Å². The monoisotopic (exact) mass is 518 g/mol. The van der Waals surface area contributed by atoms with Gasteiger partial charge in [-0.25, -0.2) is 0 Å². The van der Waals surface area contributed by atoms with Crippen LogP contribution in [0.2, 0.25) is 0 Å². The number of nitrogens with one attached hydrogen (secondary N) is 1. The lowest BCUT2D eigenvalue weighted by Crippen LogP contribution is -2.51. The van der Waals surface area contributed by atoms with E-state index in [2.05, 4.69) is 28.2 Å². The van der Waals surface area contributed by atoms with Crippen LogP contribution < -0.4 is 14.8 Å². The second kappa shape index (κ2) is 13.2. The fourth-order valence-corrected chi connectivity index (χ4v) is 3.97. The summed E-state index contributed by atoms with van der Waals surface area (Å²) in [6.07, 6.45) is 2.22. The molecular formula is C26H35BrN2O4. The molecule has 6 nitrogen and oxygen atoms in total. The van der Waals surface area contributed by atoms with Crippen LogP contribution in [0.5, 0.6) is 11.5 Å². The van der Waals surface area contributed by atoms with Gasteiger partial charge in [-0.15, -0.1) is 0 Å². The number of hydrogen-bond acceptors (Lipinski definition) is 4. The van der Waals surface area contributed by atoms with Crippen LogP contribution in [-0.2, 0) is 22.6 Å². The van der Waals surface area contributed by atoms with Crippen molar-refractivity contribution in [3.8, 4) is 11.5 Å². The molecule has 0 aliphatic rings. The highest BCUT2D eigenvalue weighted by Crippen LogP contribution is 2.26. The molecule has 33 heavy (non-hydrogen) atoms. The molecule has 180 valence electrons. The summed E-state index contributed by atoms with van der Waals surface area (Å²) in [5.74, 6) is 0.888. The number of halogens is 1. The van der Waals surface area contributed by atoms with Crippen LogP contribution in [0, 0.1) is 0 Å². The number of amides is 2. The maximum atomic E-state index is 13.3. The number of carbonyl (C=O) groups excluding carboxylic acids is 2. The lowest BCUT2D eigenvalue weighted by molar-refractivity contribution is -0.143. The normalized spacial score (nSPS) is 12.5. The molecule has 1 N–H and O–H groups in total. The second-order valence-electron chi connectivity index (χ2n) is 8.02. The average Bonchev–Trinajstić information content (AvgIpc) is 2.82. The number of benzene rings is 2. The summed E-state index contributed by atoms with van der Waals surface area (Å²) in [6.45, 7) is 8.08. The second-order valence-corrected chi connectivity index (χ2v) is 8.88. The molecule has 0 saturated carbocycles. The maximum absolute atomic E-state index is 13.3. The predicted octanol–water partition coefficient (Wildman–Crippen LogP) is 5.12. The fraction of sp³-hybridized carbons (Fsp3) is 0.462.